The number of carbonyl (C=O) groups excluding carboxylic acids is 2. The van der Waals surface area contributed by atoms with Gasteiger partial charge in [0.15, 0.2) is 0 Å². The van der Waals surface area contributed by atoms with E-state index in [0.717, 1.165) is 12.0 Å². The quantitative estimate of drug-likeness (QED) is 0.674. The first kappa shape index (κ1) is 11.2. The van der Waals surface area contributed by atoms with Crippen LogP contribution in [0.5, 0.6) is 0 Å². The van der Waals surface area contributed by atoms with Gasteiger partial charge < -0.3 is 10.9 Å². The molecule has 0 aromatic heterocycles. The molecular formula is C12H13N3O2. The number of imide groups is 1. The second-order valence-electron chi connectivity index (χ2n) is 3.62. The monoisotopic (exact) mass is 231 g/mol. The van der Waals surface area contributed by atoms with E-state index in [-0.39, 0.29) is 11.8 Å². The number of rotatable bonds is 2. The maximum Gasteiger partial charge on any atom is 0.253 e. The van der Waals surface area contributed by atoms with Gasteiger partial charge in [0.1, 0.15) is 0 Å². The van der Waals surface area contributed by atoms with Gasteiger partial charge in [-0.05, 0) is 30.2 Å². The molecule has 2 rings (SSSR count). The molecule has 2 amide bonds. The Bertz CT molecular complexity index is 447. The molecule has 2 aliphatic heterocycles. The van der Waals surface area contributed by atoms with Crippen LogP contribution in [-0.4, -0.2) is 23.3 Å². The Hall–Kier alpha value is -2.30. The first-order valence-corrected chi connectivity index (χ1v) is 5.35. The highest BCUT2D eigenvalue weighted by Crippen LogP contribution is 2.06. The van der Waals surface area contributed by atoms with Gasteiger partial charge in [0, 0.05) is 25.0 Å². The zero-order valence-corrected chi connectivity index (χ0v) is 9.22. The lowest BCUT2D eigenvalue weighted by molar-refractivity contribution is -0.139. The maximum atomic E-state index is 11.7. The summed E-state index contributed by atoms with van der Waals surface area (Å²) < 4.78 is 0. The summed E-state index contributed by atoms with van der Waals surface area (Å²) in [4.78, 5) is 24.4. The predicted molar refractivity (Wildman–Crippen MR) is 63.1 cm³/mol. The van der Waals surface area contributed by atoms with E-state index >= 15 is 0 Å². The van der Waals surface area contributed by atoms with Crippen molar-refractivity contribution in [2.45, 2.75) is 6.42 Å². The van der Waals surface area contributed by atoms with Crippen LogP contribution in [0.3, 0.4) is 0 Å². The lowest BCUT2D eigenvalue weighted by atomic mass is 10.2. The molecule has 88 valence electrons. The Morgan fingerprint density at radius 2 is 2.24 bits per heavy atom. The van der Waals surface area contributed by atoms with Crippen LogP contribution in [-0.2, 0) is 9.59 Å². The molecule has 0 aromatic carbocycles. The summed E-state index contributed by atoms with van der Waals surface area (Å²) >= 11 is 0. The van der Waals surface area contributed by atoms with Crippen LogP contribution in [0.15, 0.2) is 48.4 Å². The van der Waals surface area contributed by atoms with Crippen LogP contribution in [0.25, 0.3) is 0 Å². The number of hydrazine groups is 1. The minimum atomic E-state index is -0.285. The summed E-state index contributed by atoms with van der Waals surface area (Å²) in [5.74, 6) is -0.536. The lowest BCUT2D eigenvalue weighted by Gasteiger charge is -2.19. The molecule has 0 bridgehead atoms. The van der Waals surface area contributed by atoms with Gasteiger partial charge in [-0.2, -0.15) is 0 Å². The van der Waals surface area contributed by atoms with Crippen LogP contribution < -0.4 is 10.9 Å². The van der Waals surface area contributed by atoms with E-state index in [9.17, 15) is 9.59 Å². The summed E-state index contributed by atoms with van der Waals surface area (Å²) in [6, 6.07) is 0. The highest BCUT2D eigenvalue weighted by Gasteiger charge is 2.18. The number of allylic oxidation sites excluding steroid dienone is 3. The van der Waals surface area contributed by atoms with Gasteiger partial charge >= 0.3 is 0 Å². The minimum absolute atomic E-state index is 0.251. The van der Waals surface area contributed by atoms with Crippen molar-refractivity contribution in [1.82, 2.24) is 15.8 Å². The molecule has 0 unspecified atom stereocenters. The molecule has 0 fully saturated rings. The second-order valence-corrected chi connectivity index (χ2v) is 3.62. The number of nitrogens with one attached hydrogen (secondary N) is 2. The number of amides is 2. The molecule has 0 aliphatic carbocycles. The van der Waals surface area contributed by atoms with Crippen molar-refractivity contribution < 1.29 is 9.59 Å². The van der Waals surface area contributed by atoms with Gasteiger partial charge in [0.25, 0.3) is 11.8 Å². The van der Waals surface area contributed by atoms with Crippen molar-refractivity contribution in [1.29, 1.82) is 0 Å². The molecule has 0 saturated heterocycles. The third-order valence-corrected chi connectivity index (χ3v) is 2.41. The molecule has 2 heterocycles. The third-order valence-electron chi connectivity index (χ3n) is 2.41. The fourth-order valence-electron chi connectivity index (χ4n) is 1.53. The molecule has 0 saturated carbocycles. The minimum Gasteiger partial charge on any atom is -0.309 e. The van der Waals surface area contributed by atoms with Crippen molar-refractivity contribution in [3.63, 3.8) is 0 Å². The normalized spacial score (nSPS) is 18.9. The van der Waals surface area contributed by atoms with Crippen molar-refractivity contribution >= 4 is 11.8 Å². The van der Waals surface area contributed by atoms with E-state index in [1.807, 2.05) is 6.08 Å². The summed E-state index contributed by atoms with van der Waals surface area (Å²) in [6.07, 6.45) is 12.3. The molecule has 0 spiro atoms. The molecule has 2 N–H and O–H groups in total. The van der Waals surface area contributed by atoms with Gasteiger partial charge in [-0.15, -0.1) is 0 Å². The summed E-state index contributed by atoms with van der Waals surface area (Å²) in [7, 11) is 0. The molecule has 5 heteroatoms. The van der Waals surface area contributed by atoms with Gasteiger partial charge in [-0.1, -0.05) is 6.08 Å². The summed E-state index contributed by atoms with van der Waals surface area (Å²) in [5, 5.41) is 0. The van der Waals surface area contributed by atoms with Crippen LogP contribution in [0.1, 0.15) is 6.42 Å². The van der Waals surface area contributed by atoms with Gasteiger partial charge in [0.2, 0.25) is 0 Å². The molecule has 0 aromatic rings. The second kappa shape index (κ2) is 5.16. The van der Waals surface area contributed by atoms with E-state index in [1.54, 1.807) is 24.6 Å². The molecular weight excluding hydrogens is 218 g/mol. The Morgan fingerprint density at radius 3 is 2.94 bits per heavy atom. The average Bonchev–Trinajstić information content (AvgIpc) is 2.38. The predicted octanol–water partition coefficient (Wildman–Crippen LogP) is 0.363. The first-order chi connectivity index (χ1) is 8.27. The van der Waals surface area contributed by atoms with Crippen molar-refractivity contribution in [3.8, 4) is 0 Å². The van der Waals surface area contributed by atoms with Crippen molar-refractivity contribution in [2.75, 3.05) is 6.54 Å². The molecule has 0 atom stereocenters. The highest BCUT2D eigenvalue weighted by atomic mass is 16.2. The average molecular weight is 231 g/mol. The fraction of sp³-hybridized carbons (Fsp3) is 0.167. The highest BCUT2D eigenvalue weighted by molar-refractivity contribution is 6.05. The number of hydrogen-bond acceptors (Lipinski definition) is 4. The van der Waals surface area contributed by atoms with Crippen LogP contribution in [0.2, 0.25) is 0 Å². The lowest BCUT2D eigenvalue weighted by Crippen LogP contribution is -2.37. The standard InChI is InChI=1S/C12H13N3O2/c16-11-3-1-2-8-15(11)12(17)5-4-10-6-7-13-14-9-10/h1,3-7,9,13-14H,2,8H2/b5-4+. The maximum absolute atomic E-state index is 11.7. The van der Waals surface area contributed by atoms with Gasteiger partial charge in [0.05, 0.1) is 0 Å². The largest absolute Gasteiger partial charge is 0.309 e. The van der Waals surface area contributed by atoms with E-state index in [4.69, 9.17) is 0 Å². The fourth-order valence-corrected chi connectivity index (χ4v) is 1.53. The van der Waals surface area contributed by atoms with Crippen molar-refractivity contribution in [3.05, 3.63) is 48.4 Å². The van der Waals surface area contributed by atoms with Crippen LogP contribution in [0.4, 0.5) is 0 Å². The third kappa shape index (κ3) is 2.84. The Morgan fingerprint density at radius 1 is 1.35 bits per heavy atom. The van der Waals surface area contributed by atoms with Gasteiger partial charge in [-0.3, -0.25) is 14.5 Å². The smallest absolute Gasteiger partial charge is 0.253 e. The zero-order chi connectivity index (χ0) is 12.1. The topological polar surface area (TPSA) is 61.4 Å². The molecule has 5 nitrogen and oxygen atoms in total. The van der Waals surface area contributed by atoms with E-state index in [1.165, 1.54) is 17.1 Å². The molecule has 0 radical (unpaired) electrons. The summed E-state index contributed by atoms with van der Waals surface area (Å²) in [6.45, 7) is 0.452. The van der Waals surface area contributed by atoms with Crippen molar-refractivity contribution in [2.24, 2.45) is 0 Å². The van der Waals surface area contributed by atoms with E-state index in [2.05, 4.69) is 10.9 Å². The molecule has 2 aliphatic rings. The van der Waals surface area contributed by atoms with E-state index in [0.29, 0.717) is 6.54 Å². The van der Waals surface area contributed by atoms with Gasteiger partial charge in [-0.25, -0.2) is 0 Å². The first-order valence-electron chi connectivity index (χ1n) is 5.35. The Kier molecular flexibility index (Phi) is 3.40. The SMILES string of the molecule is O=C1C=CCCN1C(=O)/C=C/C1=CNNC=C1. The Labute approximate surface area is 99.1 Å². The summed E-state index contributed by atoms with van der Waals surface area (Å²) in [5.41, 5.74) is 6.43. The number of hydrogen-bond donors (Lipinski definition) is 2. The van der Waals surface area contributed by atoms with E-state index < -0.39 is 0 Å². The zero-order valence-electron chi connectivity index (χ0n) is 9.22. The number of nitrogens with zero attached hydrogens (tertiary/aromatic N) is 1. The molecule has 17 heavy (non-hydrogen) atoms. The number of carbonyl (C=O) groups is 2. The van der Waals surface area contributed by atoms with Crippen LogP contribution >= 0.6 is 0 Å². The van der Waals surface area contributed by atoms with Crippen LogP contribution in [0, 0.1) is 0 Å². The Balaban J connectivity index is 1.99.